The lowest BCUT2D eigenvalue weighted by Crippen LogP contribution is -2.32. The summed E-state index contributed by atoms with van der Waals surface area (Å²) >= 11 is 5.61. The number of rotatable bonds is 8. The monoisotopic (exact) mass is 362 g/mol. The Kier molecular flexibility index (Phi) is 6.51. The van der Waals surface area contributed by atoms with Crippen molar-refractivity contribution in [3.8, 4) is 0 Å². The Balaban J connectivity index is 1.95. The van der Waals surface area contributed by atoms with Gasteiger partial charge in [-0.3, -0.25) is 10.1 Å². The minimum absolute atomic E-state index is 0.0646. The lowest BCUT2D eigenvalue weighted by atomic mass is 10.1. The number of nitro benzene ring substituents is 1. The van der Waals surface area contributed by atoms with Crippen molar-refractivity contribution >= 4 is 22.9 Å². The van der Waals surface area contributed by atoms with E-state index in [0.717, 1.165) is 42.2 Å². The number of aryl methyl sites for hydroxylation is 2. The van der Waals surface area contributed by atoms with Crippen molar-refractivity contribution in [1.82, 2.24) is 25.1 Å². The Hall–Kier alpha value is -2.42. The normalized spacial score (nSPS) is 12.0. The minimum Gasteiger partial charge on any atom is -0.360 e. The van der Waals surface area contributed by atoms with Crippen molar-refractivity contribution in [2.75, 3.05) is 6.54 Å². The molecule has 0 spiro atoms. The SMILES string of the molecule is CCN(C(=S)CCCc1nnnn1C)C(C)c1ccc([N+](=O)[O-])cc1. The van der Waals surface area contributed by atoms with Crippen LogP contribution in [-0.2, 0) is 13.5 Å². The molecule has 0 saturated carbocycles. The fourth-order valence-electron chi connectivity index (χ4n) is 2.72. The summed E-state index contributed by atoms with van der Waals surface area (Å²) in [4.78, 5) is 13.4. The van der Waals surface area contributed by atoms with Gasteiger partial charge in [0, 0.05) is 32.1 Å². The van der Waals surface area contributed by atoms with Crippen LogP contribution >= 0.6 is 12.2 Å². The van der Waals surface area contributed by atoms with Crippen LogP contribution in [0.1, 0.15) is 44.1 Å². The first-order chi connectivity index (χ1) is 11.9. The first kappa shape index (κ1) is 18.9. The highest BCUT2D eigenvalue weighted by atomic mass is 32.1. The lowest BCUT2D eigenvalue weighted by Gasteiger charge is -2.31. The predicted octanol–water partition coefficient (Wildman–Crippen LogP) is 2.85. The van der Waals surface area contributed by atoms with Gasteiger partial charge in [-0.05, 0) is 42.7 Å². The fraction of sp³-hybridized carbons (Fsp3) is 0.500. The molecule has 0 aliphatic heterocycles. The Labute approximate surface area is 152 Å². The second-order valence-electron chi connectivity index (χ2n) is 5.78. The molecule has 0 aliphatic rings. The Morgan fingerprint density at radius 1 is 1.40 bits per heavy atom. The van der Waals surface area contributed by atoms with E-state index in [4.69, 9.17) is 12.2 Å². The summed E-state index contributed by atoms with van der Waals surface area (Å²) in [5.41, 5.74) is 1.10. The fourth-order valence-corrected chi connectivity index (χ4v) is 3.15. The van der Waals surface area contributed by atoms with Crippen LogP contribution in [-0.4, -0.2) is 41.6 Å². The van der Waals surface area contributed by atoms with Gasteiger partial charge in [0.25, 0.3) is 5.69 Å². The second kappa shape index (κ2) is 8.61. The molecular weight excluding hydrogens is 340 g/mol. The summed E-state index contributed by atoms with van der Waals surface area (Å²) in [5.74, 6) is 0.842. The van der Waals surface area contributed by atoms with E-state index < -0.39 is 4.92 Å². The highest BCUT2D eigenvalue weighted by Crippen LogP contribution is 2.24. The van der Waals surface area contributed by atoms with Crippen LogP contribution in [0.5, 0.6) is 0 Å². The molecule has 0 fully saturated rings. The maximum atomic E-state index is 10.8. The van der Waals surface area contributed by atoms with Crippen LogP contribution in [0.15, 0.2) is 24.3 Å². The van der Waals surface area contributed by atoms with Crippen LogP contribution in [0.3, 0.4) is 0 Å². The van der Waals surface area contributed by atoms with Gasteiger partial charge >= 0.3 is 0 Å². The van der Waals surface area contributed by atoms with Crippen LogP contribution in [0.2, 0.25) is 0 Å². The van der Waals surface area contributed by atoms with E-state index >= 15 is 0 Å². The molecule has 8 nitrogen and oxygen atoms in total. The smallest absolute Gasteiger partial charge is 0.269 e. The molecular formula is C16H22N6O2S. The third-order valence-electron chi connectivity index (χ3n) is 4.21. The number of nitrogens with zero attached hydrogens (tertiary/aromatic N) is 6. The number of benzene rings is 1. The highest BCUT2D eigenvalue weighted by Gasteiger charge is 2.18. The number of aromatic nitrogens is 4. The van der Waals surface area contributed by atoms with Gasteiger partial charge in [-0.25, -0.2) is 4.68 Å². The number of hydrogen-bond donors (Lipinski definition) is 0. The van der Waals surface area contributed by atoms with E-state index in [1.54, 1.807) is 16.8 Å². The number of non-ortho nitro benzene ring substituents is 1. The van der Waals surface area contributed by atoms with E-state index in [2.05, 4.69) is 34.3 Å². The summed E-state index contributed by atoms with van der Waals surface area (Å²) in [7, 11) is 1.82. The molecule has 9 heteroatoms. The summed E-state index contributed by atoms with van der Waals surface area (Å²) in [6.45, 7) is 4.90. The van der Waals surface area contributed by atoms with Gasteiger partial charge in [-0.2, -0.15) is 0 Å². The van der Waals surface area contributed by atoms with Crippen molar-refractivity contribution in [2.45, 2.75) is 39.2 Å². The molecule has 1 unspecified atom stereocenters. The largest absolute Gasteiger partial charge is 0.360 e. The quantitative estimate of drug-likeness (QED) is 0.405. The molecule has 134 valence electrons. The predicted molar refractivity (Wildman–Crippen MR) is 98.2 cm³/mol. The van der Waals surface area contributed by atoms with Crippen LogP contribution < -0.4 is 0 Å². The van der Waals surface area contributed by atoms with Gasteiger partial charge in [0.1, 0.15) is 0 Å². The van der Waals surface area contributed by atoms with Crippen LogP contribution in [0.4, 0.5) is 5.69 Å². The number of thiocarbonyl (C=S) groups is 1. The van der Waals surface area contributed by atoms with E-state index in [-0.39, 0.29) is 11.7 Å². The summed E-state index contributed by atoms with van der Waals surface area (Å²) in [6, 6.07) is 6.71. The topological polar surface area (TPSA) is 90.0 Å². The van der Waals surface area contributed by atoms with Gasteiger partial charge in [0.2, 0.25) is 0 Å². The van der Waals surface area contributed by atoms with Gasteiger partial charge in [0.05, 0.1) is 16.0 Å². The number of nitro groups is 1. The first-order valence-electron chi connectivity index (χ1n) is 8.19. The molecule has 0 aliphatic carbocycles. The third-order valence-corrected chi connectivity index (χ3v) is 4.65. The van der Waals surface area contributed by atoms with E-state index in [0.29, 0.717) is 0 Å². The zero-order chi connectivity index (χ0) is 18.4. The highest BCUT2D eigenvalue weighted by molar-refractivity contribution is 7.80. The van der Waals surface area contributed by atoms with Crippen molar-refractivity contribution in [1.29, 1.82) is 0 Å². The summed E-state index contributed by atoms with van der Waals surface area (Å²) in [5, 5.41) is 22.2. The molecule has 0 radical (unpaired) electrons. The van der Waals surface area contributed by atoms with E-state index in [1.165, 1.54) is 12.1 Å². The molecule has 2 aromatic rings. The van der Waals surface area contributed by atoms with Crippen molar-refractivity contribution in [3.05, 3.63) is 45.8 Å². The zero-order valence-electron chi connectivity index (χ0n) is 14.6. The van der Waals surface area contributed by atoms with E-state index in [9.17, 15) is 10.1 Å². The molecule has 1 heterocycles. The number of tetrazole rings is 1. The standard InChI is InChI=1S/C16H22N6O2S/c1-4-21(12(2)13-8-10-14(11-9-13)22(23)24)16(25)7-5-6-15-17-18-19-20(15)3/h8-12H,4-7H2,1-3H3. The molecule has 0 saturated heterocycles. The summed E-state index contributed by atoms with van der Waals surface area (Å²) in [6.07, 6.45) is 2.41. The maximum Gasteiger partial charge on any atom is 0.269 e. The maximum absolute atomic E-state index is 10.8. The molecule has 0 bridgehead atoms. The Bertz CT molecular complexity index is 730. The molecule has 0 N–H and O–H groups in total. The van der Waals surface area contributed by atoms with Crippen molar-refractivity contribution in [2.24, 2.45) is 7.05 Å². The Morgan fingerprint density at radius 2 is 2.08 bits per heavy atom. The van der Waals surface area contributed by atoms with Gasteiger partial charge in [-0.15, -0.1) is 5.10 Å². The first-order valence-corrected chi connectivity index (χ1v) is 8.60. The Morgan fingerprint density at radius 3 is 2.60 bits per heavy atom. The summed E-state index contributed by atoms with van der Waals surface area (Å²) < 4.78 is 1.67. The van der Waals surface area contributed by atoms with Gasteiger partial charge in [-0.1, -0.05) is 24.4 Å². The molecule has 1 atom stereocenters. The van der Waals surface area contributed by atoms with Gasteiger partial charge in [0.15, 0.2) is 5.82 Å². The molecule has 1 aromatic heterocycles. The lowest BCUT2D eigenvalue weighted by molar-refractivity contribution is -0.384. The molecule has 25 heavy (non-hydrogen) atoms. The average molecular weight is 362 g/mol. The third kappa shape index (κ3) is 4.79. The number of hydrogen-bond acceptors (Lipinski definition) is 6. The van der Waals surface area contributed by atoms with Crippen molar-refractivity contribution in [3.63, 3.8) is 0 Å². The molecule has 2 rings (SSSR count). The molecule has 0 amide bonds. The van der Waals surface area contributed by atoms with Crippen LogP contribution in [0.25, 0.3) is 0 Å². The van der Waals surface area contributed by atoms with E-state index in [1.807, 2.05) is 7.05 Å². The molecule has 1 aromatic carbocycles. The minimum atomic E-state index is -0.391. The van der Waals surface area contributed by atoms with Crippen LogP contribution in [0, 0.1) is 10.1 Å². The van der Waals surface area contributed by atoms with Crippen molar-refractivity contribution < 1.29 is 4.92 Å². The zero-order valence-corrected chi connectivity index (χ0v) is 15.4. The second-order valence-corrected chi connectivity index (χ2v) is 6.25. The van der Waals surface area contributed by atoms with Gasteiger partial charge < -0.3 is 4.90 Å². The average Bonchev–Trinajstić information content (AvgIpc) is 3.00.